The van der Waals surface area contributed by atoms with Crippen molar-refractivity contribution in [1.29, 1.82) is 0 Å². The topological polar surface area (TPSA) is 15.3 Å². The third-order valence-corrected chi connectivity index (χ3v) is 3.60. The minimum absolute atomic E-state index is 0.422. The Morgan fingerprint density at radius 3 is 2.56 bits per heavy atom. The predicted octanol–water partition coefficient (Wildman–Crippen LogP) is 3.68. The summed E-state index contributed by atoms with van der Waals surface area (Å²) in [7, 11) is 0. The maximum absolute atomic E-state index is 3.53. The Bertz CT molecular complexity index is 522. The zero-order chi connectivity index (χ0) is 12.4. The fourth-order valence-corrected chi connectivity index (χ4v) is 2.72. The van der Waals surface area contributed by atoms with Crippen LogP contribution < -0.4 is 10.2 Å². The van der Waals surface area contributed by atoms with Gasteiger partial charge in [-0.05, 0) is 24.6 Å². The molecule has 2 heteroatoms. The van der Waals surface area contributed by atoms with E-state index in [1.165, 1.54) is 16.9 Å². The maximum atomic E-state index is 3.53. The van der Waals surface area contributed by atoms with Crippen LogP contribution >= 0.6 is 0 Å². The maximum Gasteiger partial charge on any atom is 0.0715 e. The molecule has 2 aromatic rings. The van der Waals surface area contributed by atoms with Crippen molar-refractivity contribution in [3.63, 3.8) is 0 Å². The van der Waals surface area contributed by atoms with Gasteiger partial charge in [-0.3, -0.25) is 0 Å². The van der Waals surface area contributed by atoms with Gasteiger partial charge >= 0.3 is 0 Å². The highest BCUT2D eigenvalue weighted by Gasteiger charge is 2.25. The van der Waals surface area contributed by atoms with Gasteiger partial charge in [-0.25, -0.2) is 0 Å². The summed E-state index contributed by atoms with van der Waals surface area (Å²) < 4.78 is 0. The van der Waals surface area contributed by atoms with E-state index < -0.39 is 0 Å². The molecule has 92 valence electrons. The largest absolute Gasteiger partial charge is 0.381 e. The number of nitrogens with zero attached hydrogens (tertiary/aromatic N) is 1. The lowest BCUT2D eigenvalue weighted by molar-refractivity contribution is 0.645. The fourth-order valence-electron chi connectivity index (χ4n) is 2.72. The van der Waals surface area contributed by atoms with Gasteiger partial charge in [0.15, 0.2) is 0 Å². The van der Waals surface area contributed by atoms with Crippen molar-refractivity contribution >= 4 is 11.4 Å². The molecule has 0 aromatic heterocycles. The summed E-state index contributed by atoms with van der Waals surface area (Å²) in [6, 6.07) is 19.7. The monoisotopic (exact) mass is 238 g/mol. The third-order valence-electron chi connectivity index (χ3n) is 3.60. The quantitative estimate of drug-likeness (QED) is 0.858. The van der Waals surface area contributed by atoms with Gasteiger partial charge in [0.1, 0.15) is 0 Å². The van der Waals surface area contributed by atoms with E-state index in [0.29, 0.717) is 6.04 Å². The van der Waals surface area contributed by atoms with E-state index >= 15 is 0 Å². The molecule has 1 heterocycles. The molecule has 0 bridgehead atoms. The van der Waals surface area contributed by atoms with Crippen LogP contribution in [0.1, 0.15) is 18.5 Å². The second-order valence-electron chi connectivity index (χ2n) is 4.61. The molecule has 1 unspecified atom stereocenters. The van der Waals surface area contributed by atoms with Gasteiger partial charge in [0.25, 0.3) is 0 Å². The van der Waals surface area contributed by atoms with Crippen LogP contribution in [0.2, 0.25) is 0 Å². The van der Waals surface area contributed by atoms with E-state index in [-0.39, 0.29) is 0 Å². The summed E-state index contributed by atoms with van der Waals surface area (Å²) in [6.07, 6.45) is 0. The highest BCUT2D eigenvalue weighted by molar-refractivity contribution is 5.73. The molecule has 1 aliphatic rings. The molecule has 0 aliphatic carbocycles. The number of fused-ring (bicyclic) bond motifs is 1. The molecule has 0 saturated heterocycles. The standard InChI is InChI=1S/C16H18N2/c1-2-18-15-11-7-6-10-14(15)17-12-16(18)13-8-4-3-5-9-13/h3-11,16-17H,2,12H2,1H3. The molecular formula is C16H18N2. The predicted molar refractivity (Wildman–Crippen MR) is 77.1 cm³/mol. The Kier molecular flexibility index (Phi) is 2.93. The lowest BCUT2D eigenvalue weighted by Crippen LogP contribution is -2.37. The second-order valence-corrected chi connectivity index (χ2v) is 4.61. The summed E-state index contributed by atoms with van der Waals surface area (Å²) in [5.74, 6) is 0. The zero-order valence-corrected chi connectivity index (χ0v) is 10.6. The van der Waals surface area contributed by atoms with Crippen LogP contribution in [0.4, 0.5) is 11.4 Å². The number of hydrogen-bond donors (Lipinski definition) is 1. The number of hydrogen-bond acceptors (Lipinski definition) is 2. The minimum atomic E-state index is 0.422. The van der Waals surface area contributed by atoms with Crippen LogP contribution in [0, 0.1) is 0 Å². The molecule has 18 heavy (non-hydrogen) atoms. The summed E-state index contributed by atoms with van der Waals surface area (Å²) in [4.78, 5) is 2.47. The van der Waals surface area contributed by atoms with Crippen LogP contribution in [-0.2, 0) is 0 Å². The van der Waals surface area contributed by atoms with Crippen molar-refractivity contribution in [2.24, 2.45) is 0 Å². The number of para-hydroxylation sites is 2. The lowest BCUT2D eigenvalue weighted by Gasteiger charge is -2.39. The van der Waals surface area contributed by atoms with Crippen molar-refractivity contribution in [2.45, 2.75) is 13.0 Å². The fraction of sp³-hybridized carbons (Fsp3) is 0.250. The SMILES string of the molecule is CCN1c2ccccc2NCC1c1ccccc1. The van der Waals surface area contributed by atoms with Crippen molar-refractivity contribution in [1.82, 2.24) is 0 Å². The van der Waals surface area contributed by atoms with Crippen LogP contribution in [0.3, 0.4) is 0 Å². The molecule has 2 aromatic carbocycles. The first kappa shape index (κ1) is 11.1. The van der Waals surface area contributed by atoms with Gasteiger partial charge in [0, 0.05) is 13.1 Å². The average Bonchev–Trinajstić information content (AvgIpc) is 2.47. The molecule has 0 spiro atoms. The smallest absolute Gasteiger partial charge is 0.0715 e. The second kappa shape index (κ2) is 4.73. The number of benzene rings is 2. The summed E-state index contributed by atoms with van der Waals surface area (Å²) in [5.41, 5.74) is 3.92. The number of nitrogens with one attached hydrogen (secondary N) is 1. The molecule has 0 radical (unpaired) electrons. The van der Waals surface area contributed by atoms with Crippen molar-refractivity contribution in [3.8, 4) is 0 Å². The zero-order valence-electron chi connectivity index (χ0n) is 10.6. The van der Waals surface area contributed by atoms with E-state index in [2.05, 4.69) is 71.7 Å². The highest BCUT2D eigenvalue weighted by atomic mass is 15.2. The summed E-state index contributed by atoms with van der Waals surface area (Å²) >= 11 is 0. The Labute approximate surface area is 108 Å². The number of likely N-dealkylation sites (N-methyl/N-ethyl adjacent to an activating group) is 1. The Hall–Kier alpha value is -1.96. The van der Waals surface area contributed by atoms with Crippen molar-refractivity contribution in [2.75, 3.05) is 23.3 Å². The molecule has 2 nitrogen and oxygen atoms in total. The van der Waals surface area contributed by atoms with E-state index in [0.717, 1.165) is 13.1 Å². The lowest BCUT2D eigenvalue weighted by atomic mass is 10.0. The van der Waals surface area contributed by atoms with Crippen molar-refractivity contribution in [3.05, 3.63) is 60.2 Å². The first-order valence-corrected chi connectivity index (χ1v) is 6.54. The molecule has 3 rings (SSSR count). The van der Waals surface area contributed by atoms with Gasteiger partial charge in [0.2, 0.25) is 0 Å². The highest BCUT2D eigenvalue weighted by Crippen LogP contribution is 2.36. The first-order chi connectivity index (χ1) is 8.90. The van der Waals surface area contributed by atoms with Gasteiger partial charge in [0.05, 0.1) is 17.4 Å². The summed E-state index contributed by atoms with van der Waals surface area (Å²) in [6.45, 7) is 4.21. The van der Waals surface area contributed by atoms with Crippen LogP contribution in [0.25, 0.3) is 0 Å². The number of rotatable bonds is 2. The normalized spacial score (nSPS) is 18.1. The average molecular weight is 238 g/mol. The molecule has 1 atom stereocenters. The molecule has 0 fully saturated rings. The Morgan fingerprint density at radius 2 is 1.78 bits per heavy atom. The van der Waals surface area contributed by atoms with Crippen LogP contribution in [-0.4, -0.2) is 13.1 Å². The first-order valence-electron chi connectivity index (χ1n) is 6.54. The van der Waals surface area contributed by atoms with E-state index in [9.17, 15) is 0 Å². The van der Waals surface area contributed by atoms with E-state index in [1.54, 1.807) is 0 Å². The summed E-state index contributed by atoms with van der Waals surface area (Å²) in [5, 5.41) is 3.53. The van der Waals surface area contributed by atoms with Gasteiger partial charge < -0.3 is 10.2 Å². The molecule has 1 N–H and O–H groups in total. The minimum Gasteiger partial charge on any atom is -0.381 e. The van der Waals surface area contributed by atoms with Crippen LogP contribution in [0.5, 0.6) is 0 Å². The third kappa shape index (κ3) is 1.84. The molecule has 1 aliphatic heterocycles. The number of anilines is 2. The van der Waals surface area contributed by atoms with Gasteiger partial charge in [-0.2, -0.15) is 0 Å². The Morgan fingerprint density at radius 1 is 1.06 bits per heavy atom. The van der Waals surface area contributed by atoms with Gasteiger partial charge in [-0.15, -0.1) is 0 Å². The van der Waals surface area contributed by atoms with E-state index in [1.807, 2.05) is 0 Å². The van der Waals surface area contributed by atoms with E-state index in [4.69, 9.17) is 0 Å². The van der Waals surface area contributed by atoms with Crippen molar-refractivity contribution < 1.29 is 0 Å². The molecule has 0 saturated carbocycles. The van der Waals surface area contributed by atoms with Crippen LogP contribution in [0.15, 0.2) is 54.6 Å². The molecular weight excluding hydrogens is 220 g/mol. The Balaban J connectivity index is 2.00. The molecule has 0 amide bonds. The van der Waals surface area contributed by atoms with Gasteiger partial charge in [-0.1, -0.05) is 42.5 Å².